The van der Waals surface area contributed by atoms with Crippen LogP contribution in [0.4, 0.5) is 11.5 Å². The lowest BCUT2D eigenvalue weighted by molar-refractivity contribution is -0.385. The number of para-hydroxylation sites is 1. The fourth-order valence-corrected chi connectivity index (χ4v) is 1.68. The highest BCUT2D eigenvalue weighted by atomic mass is 16.6. The quantitative estimate of drug-likeness (QED) is 0.644. The molecule has 0 saturated heterocycles. The number of nitrogen functional groups attached to an aromatic ring is 1. The lowest BCUT2D eigenvalue weighted by Crippen LogP contribution is -2.07. The first-order valence-corrected chi connectivity index (χ1v) is 5.10. The van der Waals surface area contributed by atoms with Gasteiger partial charge in [-0.2, -0.15) is 5.10 Å². The standard InChI is InChI=1S/C11H12N4O2/c1-8-6-11(12)14(13-8)7-9-4-2-3-5-10(9)15(16)17/h2-6H,7,12H2,1H3. The predicted molar refractivity (Wildman–Crippen MR) is 63.6 cm³/mol. The summed E-state index contributed by atoms with van der Waals surface area (Å²) in [5, 5.41) is 15.0. The molecule has 2 aromatic rings. The van der Waals surface area contributed by atoms with Crippen LogP contribution in [0.25, 0.3) is 0 Å². The lowest BCUT2D eigenvalue weighted by atomic mass is 10.2. The van der Waals surface area contributed by atoms with E-state index in [-0.39, 0.29) is 5.69 Å². The van der Waals surface area contributed by atoms with Crippen LogP contribution < -0.4 is 5.73 Å². The topological polar surface area (TPSA) is 87.0 Å². The summed E-state index contributed by atoms with van der Waals surface area (Å²) in [5.41, 5.74) is 7.21. The fourth-order valence-electron chi connectivity index (χ4n) is 1.68. The number of aromatic nitrogens is 2. The smallest absolute Gasteiger partial charge is 0.274 e. The number of hydrogen-bond acceptors (Lipinski definition) is 4. The van der Waals surface area contributed by atoms with Crippen molar-refractivity contribution in [3.63, 3.8) is 0 Å². The van der Waals surface area contributed by atoms with E-state index in [1.807, 2.05) is 6.92 Å². The van der Waals surface area contributed by atoms with Crippen molar-refractivity contribution in [3.05, 3.63) is 51.7 Å². The van der Waals surface area contributed by atoms with E-state index in [2.05, 4.69) is 5.10 Å². The van der Waals surface area contributed by atoms with Crippen LogP contribution in [0.15, 0.2) is 30.3 Å². The van der Waals surface area contributed by atoms with Crippen molar-refractivity contribution >= 4 is 11.5 Å². The molecule has 2 N–H and O–H groups in total. The molecule has 1 aromatic heterocycles. The molecule has 1 heterocycles. The summed E-state index contributed by atoms with van der Waals surface area (Å²) in [7, 11) is 0. The molecule has 6 heteroatoms. The van der Waals surface area contributed by atoms with Gasteiger partial charge in [-0.15, -0.1) is 0 Å². The highest BCUT2D eigenvalue weighted by molar-refractivity contribution is 5.41. The van der Waals surface area contributed by atoms with Crippen LogP contribution in [0.2, 0.25) is 0 Å². The third kappa shape index (κ3) is 2.25. The Morgan fingerprint density at radius 3 is 2.76 bits per heavy atom. The van der Waals surface area contributed by atoms with Crippen LogP contribution in [-0.4, -0.2) is 14.7 Å². The molecule has 0 aliphatic carbocycles. The number of hydrogen-bond donors (Lipinski definition) is 1. The Morgan fingerprint density at radius 2 is 2.18 bits per heavy atom. The van der Waals surface area contributed by atoms with E-state index in [9.17, 15) is 10.1 Å². The molecule has 0 atom stereocenters. The van der Waals surface area contributed by atoms with E-state index in [1.165, 1.54) is 6.07 Å². The number of anilines is 1. The van der Waals surface area contributed by atoms with Gasteiger partial charge in [0.05, 0.1) is 22.7 Å². The van der Waals surface area contributed by atoms with Crippen molar-refractivity contribution < 1.29 is 4.92 Å². The molecule has 17 heavy (non-hydrogen) atoms. The molecule has 2 rings (SSSR count). The van der Waals surface area contributed by atoms with E-state index in [1.54, 1.807) is 28.9 Å². The molecule has 0 radical (unpaired) electrons. The fraction of sp³-hybridized carbons (Fsp3) is 0.182. The highest BCUT2D eigenvalue weighted by Gasteiger charge is 2.13. The van der Waals surface area contributed by atoms with Gasteiger partial charge < -0.3 is 5.73 Å². The molecule has 88 valence electrons. The summed E-state index contributed by atoms with van der Waals surface area (Å²) >= 11 is 0. The van der Waals surface area contributed by atoms with Crippen LogP contribution in [0.3, 0.4) is 0 Å². The van der Waals surface area contributed by atoms with Crippen molar-refractivity contribution in [2.24, 2.45) is 0 Å². The van der Waals surface area contributed by atoms with E-state index in [0.717, 1.165) is 5.69 Å². The molecule has 0 bridgehead atoms. The van der Waals surface area contributed by atoms with Crippen LogP contribution in [-0.2, 0) is 6.54 Å². The minimum Gasteiger partial charge on any atom is -0.384 e. The predicted octanol–water partition coefficient (Wildman–Crippen LogP) is 1.73. The number of rotatable bonds is 3. The van der Waals surface area contributed by atoms with E-state index in [0.29, 0.717) is 17.9 Å². The van der Waals surface area contributed by atoms with Gasteiger partial charge in [0.25, 0.3) is 5.69 Å². The lowest BCUT2D eigenvalue weighted by Gasteiger charge is -2.04. The van der Waals surface area contributed by atoms with Gasteiger partial charge in [-0.25, -0.2) is 4.68 Å². The maximum atomic E-state index is 10.8. The van der Waals surface area contributed by atoms with Crippen molar-refractivity contribution in [2.75, 3.05) is 5.73 Å². The van der Waals surface area contributed by atoms with Gasteiger partial charge in [-0.3, -0.25) is 10.1 Å². The van der Waals surface area contributed by atoms with Gasteiger partial charge in [-0.1, -0.05) is 18.2 Å². The van der Waals surface area contributed by atoms with Crippen LogP contribution in [0.1, 0.15) is 11.3 Å². The molecule has 0 unspecified atom stereocenters. The van der Waals surface area contributed by atoms with Gasteiger partial charge in [0.15, 0.2) is 0 Å². The normalized spacial score (nSPS) is 10.4. The van der Waals surface area contributed by atoms with Crippen molar-refractivity contribution in [3.8, 4) is 0 Å². The molecular weight excluding hydrogens is 220 g/mol. The molecule has 1 aromatic carbocycles. The molecule has 0 spiro atoms. The van der Waals surface area contributed by atoms with E-state index in [4.69, 9.17) is 5.73 Å². The molecular formula is C11H12N4O2. The van der Waals surface area contributed by atoms with Gasteiger partial charge in [-0.05, 0) is 6.92 Å². The molecule has 0 aliphatic rings. The Bertz CT molecular complexity index is 562. The Morgan fingerprint density at radius 1 is 1.47 bits per heavy atom. The largest absolute Gasteiger partial charge is 0.384 e. The van der Waals surface area contributed by atoms with E-state index < -0.39 is 4.92 Å². The molecule has 0 fully saturated rings. The summed E-state index contributed by atoms with van der Waals surface area (Å²) in [6, 6.07) is 8.31. The van der Waals surface area contributed by atoms with Crippen molar-refractivity contribution in [1.82, 2.24) is 9.78 Å². The number of nitro groups is 1. The Kier molecular flexibility index (Phi) is 2.78. The Labute approximate surface area is 97.8 Å². The van der Waals surface area contributed by atoms with Gasteiger partial charge in [0.2, 0.25) is 0 Å². The third-order valence-electron chi connectivity index (χ3n) is 2.44. The van der Waals surface area contributed by atoms with Gasteiger partial charge >= 0.3 is 0 Å². The number of nitro benzene ring substituents is 1. The van der Waals surface area contributed by atoms with Gasteiger partial charge in [0.1, 0.15) is 5.82 Å². The average molecular weight is 232 g/mol. The second kappa shape index (κ2) is 4.25. The molecule has 6 nitrogen and oxygen atoms in total. The molecule has 0 saturated carbocycles. The van der Waals surface area contributed by atoms with Crippen molar-refractivity contribution in [2.45, 2.75) is 13.5 Å². The zero-order valence-corrected chi connectivity index (χ0v) is 9.33. The minimum absolute atomic E-state index is 0.0834. The number of nitrogens with zero attached hydrogens (tertiary/aromatic N) is 3. The number of benzene rings is 1. The molecule has 0 aliphatic heterocycles. The van der Waals surface area contributed by atoms with Crippen LogP contribution >= 0.6 is 0 Å². The maximum Gasteiger partial charge on any atom is 0.274 e. The summed E-state index contributed by atoms with van der Waals surface area (Å²) in [6.07, 6.45) is 0. The maximum absolute atomic E-state index is 10.8. The third-order valence-corrected chi connectivity index (χ3v) is 2.44. The zero-order valence-electron chi connectivity index (χ0n) is 9.33. The minimum atomic E-state index is -0.401. The first-order chi connectivity index (χ1) is 8.08. The Hall–Kier alpha value is -2.37. The summed E-state index contributed by atoms with van der Waals surface area (Å²) in [5.74, 6) is 0.501. The number of aryl methyl sites for hydroxylation is 1. The average Bonchev–Trinajstić information content (AvgIpc) is 2.58. The number of nitrogens with two attached hydrogens (primary N) is 1. The molecule has 0 amide bonds. The first-order valence-electron chi connectivity index (χ1n) is 5.10. The summed E-state index contributed by atoms with van der Waals surface area (Å²) in [4.78, 5) is 10.4. The van der Waals surface area contributed by atoms with Crippen LogP contribution in [0, 0.1) is 17.0 Å². The Balaban J connectivity index is 2.36. The highest BCUT2D eigenvalue weighted by Crippen LogP contribution is 2.19. The monoisotopic (exact) mass is 232 g/mol. The van der Waals surface area contributed by atoms with Gasteiger partial charge in [0, 0.05) is 12.1 Å². The summed E-state index contributed by atoms with van der Waals surface area (Å²) in [6.45, 7) is 2.13. The second-order valence-electron chi connectivity index (χ2n) is 3.75. The van der Waals surface area contributed by atoms with Crippen molar-refractivity contribution in [1.29, 1.82) is 0 Å². The zero-order chi connectivity index (χ0) is 12.4. The second-order valence-corrected chi connectivity index (χ2v) is 3.75. The van der Waals surface area contributed by atoms with E-state index >= 15 is 0 Å². The first kappa shape index (κ1) is 11.1. The SMILES string of the molecule is Cc1cc(N)n(Cc2ccccc2[N+](=O)[O-])n1. The summed E-state index contributed by atoms with van der Waals surface area (Å²) < 4.78 is 1.55. The van der Waals surface area contributed by atoms with Crippen LogP contribution in [0.5, 0.6) is 0 Å².